The number of sulfonamides is 1. The van der Waals surface area contributed by atoms with Crippen molar-refractivity contribution in [2.75, 3.05) is 24.2 Å². The van der Waals surface area contributed by atoms with Gasteiger partial charge in [-0.3, -0.25) is 14.9 Å². The zero-order chi connectivity index (χ0) is 17.9. The van der Waals surface area contributed by atoms with Gasteiger partial charge in [0.05, 0.1) is 10.7 Å². The summed E-state index contributed by atoms with van der Waals surface area (Å²) in [5.74, 6) is -0.568. The number of halogens is 1. The first kappa shape index (κ1) is 18.6. The molecule has 1 N–H and O–H groups in total. The van der Waals surface area contributed by atoms with Crippen LogP contribution in [-0.4, -0.2) is 42.4 Å². The van der Waals surface area contributed by atoms with E-state index < -0.39 is 14.9 Å². The zero-order valence-corrected chi connectivity index (χ0v) is 14.6. The van der Waals surface area contributed by atoms with Crippen molar-refractivity contribution < 1.29 is 18.1 Å². The van der Waals surface area contributed by atoms with Crippen LogP contribution < -0.4 is 5.32 Å². The summed E-state index contributed by atoms with van der Waals surface area (Å²) in [5.41, 5.74) is 0.0121. The van der Waals surface area contributed by atoms with Gasteiger partial charge in [0.25, 0.3) is 5.69 Å². The highest BCUT2D eigenvalue weighted by Crippen LogP contribution is 2.28. The number of anilines is 1. The molecule has 1 aliphatic heterocycles. The molecule has 1 heterocycles. The van der Waals surface area contributed by atoms with E-state index in [1.807, 2.05) is 0 Å². The fourth-order valence-electron chi connectivity index (χ4n) is 2.55. The molecular weight excluding hydrogens is 358 g/mol. The average Bonchev–Trinajstić information content (AvgIpc) is 2.56. The normalized spacial score (nSPS) is 16.8. The Hall–Kier alpha value is -1.71. The van der Waals surface area contributed by atoms with Crippen LogP contribution in [0.3, 0.4) is 0 Å². The molecule has 0 atom stereocenters. The molecule has 10 heteroatoms. The van der Waals surface area contributed by atoms with E-state index in [0.29, 0.717) is 31.6 Å². The van der Waals surface area contributed by atoms with Crippen LogP contribution in [-0.2, 0) is 14.8 Å². The number of nitro benzene ring substituents is 1. The summed E-state index contributed by atoms with van der Waals surface area (Å²) in [4.78, 5) is 22.5. The average molecular weight is 376 g/mol. The number of rotatable bonds is 5. The van der Waals surface area contributed by atoms with Crippen LogP contribution in [0.1, 0.15) is 19.8 Å². The molecule has 0 unspecified atom stereocenters. The van der Waals surface area contributed by atoms with Gasteiger partial charge in [0, 0.05) is 30.8 Å². The van der Waals surface area contributed by atoms with Crippen molar-refractivity contribution in [1.29, 1.82) is 0 Å². The van der Waals surface area contributed by atoms with E-state index in [1.54, 1.807) is 6.92 Å². The van der Waals surface area contributed by atoms with E-state index in [0.717, 1.165) is 0 Å². The number of piperidine rings is 1. The van der Waals surface area contributed by atoms with Crippen LogP contribution in [0.2, 0.25) is 5.02 Å². The lowest BCUT2D eigenvalue weighted by molar-refractivity contribution is -0.384. The van der Waals surface area contributed by atoms with Crippen molar-refractivity contribution in [3.63, 3.8) is 0 Å². The number of nitro groups is 1. The van der Waals surface area contributed by atoms with E-state index in [9.17, 15) is 23.3 Å². The fraction of sp³-hybridized carbons (Fsp3) is 0.500. The summed E-state index contributed by atoms with van der Waals surface area (Å²) >= 11 is 5.73. The SMILES string of the molecule is CCS(=O)(=O)N1CCC(C(=O)Nc2ccc(Cl)c([N+](=O)[O-])c2)CC1. The second-order valence-corrected chi connectivity index (χ2v) is 8.15. The van der Waals surface area contributed by atoms with Crippen molar-refractivity contribution in [2.45, 2.75) is 19.8 Å². The number of amides is 1. The number of carbonyl (C=O) groups is 1. The fourth-order valence-corrected chi connectivity index (χ4v) is 3.87. The van der Waals surface area contributed by atoms with E-state index in [2.05, 4.69) is 5.32 Å². The number of nitrogens with zero attached hydrogens (tertiary/aromatic N) is 2. The molecule has 1 aliphatic rings. The molecule has 1 aromatic rings. The first-order chi connectivity index (χ1) is 11.2. The van der Waals surface area contributed by atoms with Crippen molar-refractivity contribution in [3.05, 3.63) is 33.3 Å². The van der Waals surface area contributed by atoms with Gasteiger partial charge < -0.3 is 5.32 Å². The Morgan fingerprint density at radius 3 is 2.58 bits per heavy atom. The van der Waals surface area contributed by atoms with E-state index in [-0.39, 0.29) is 28.3 Å². The quantitative estimate of drug-likeness (QED) is 0.627. The highest BCUT2D eigenvalue weighted by atomic mass is 35.5. The zero-order valence-electron chi connectivity index (χ0n) is 13.1. The van der Waals surface area contributed by atoms with Gasteiger partial charge in [-0.1, -0.05) is 11.6 Å². The van der Waals surface area contributed by atoms with Gasteiger partial charge in [-0.2, -0.15) is 0 Å². The maximum atomic E-state index is 12.3. The van der Waals surface area contributed by atoms with Crippen molar-refractivity contribution in [3.8, 4) is 0 Å². The Labute approximate surface area is 145 Å². The summed E-state index contributed by atoms with van der Waals surface area (Å²) in [6.45, 7) is 2.19. The third-order valence-electron chi connectivity index (χ3n) is 3.99. The lowest BCUT2D eigenvalue weighted by atomic mass is 9.97. The molecule has 1 amide bonds. The summed E-state index contributed by atoms with van der Waals surface area (Å²) in [6, 6.07) is 4.05. The molecule has 0 radical (unpaired) electrons. The number of nitrogens with one attached hydrogen (secondary N) is 1. The Bertz CT molecular complexity index is 745. The molecule has 2 rings (SSSR count). The summed E-state index contributed by atoms with van der Waals surface area (Å²) in [7, 11) is -3.24. The predicted octanol–water partition coefficient (Wildman–Crippen LogP) is 2.25. The molecule has 1 saturated heterocycles. The molecule has 0 aromatic heterocycles. The molecule has 0 spiro atoms. The van der Waals surface area contributed by atoms with Gasteiger partial charge in [0.15, 0.2) is 0 Å². The van der Waals surface area contributed by atoms with E-state index >= 15 is 0 Å². The van der Waals surface area contributed by atoms with Gasteiger partial charge in [-0.25, -0.2) is 12.7 Å². The molecule has 0 saturated carbocycles. The van der Waals surface area contributed by atoms with Crippen LogP contribution in [0, 0.1) is 16.0 Å². The monoisotopic (exact) mass is 375 g/mol. The highest BCUT2D eigenvalue weighted by molar-refractivity contribution is 7.89. The maximum Gasteiger partial charge on any atom is 0.289 e. The molecule has 0 aliphatic carbocycles. The second kappa shape index (κ2) is 7.45. The summed E-state index contributed by atoms with van der Waals surface area (Å²) in [6.07, 6.45) is 0.835. The van der Waals surface area contributed by atoms with E-state index in [1.165, 1.54) is 22.5 Å². The van der Waals surface area contributed by atoms with Crippen LogP contribution in [0.5, 0.6) is 0 Å². The Morgan fingerprint density at radius 1 is 1.42 bits per heavy atom. The number of hydrogen-bond acceptors (Lipinski definition) is 5. The minimum Gasteiger partial charge on any atom is -0.326 e. The summed E-state index contributed by atoms with van der Waals surface area (Å²) in [5, 5.41) is 13.5. The minimum absolute atomic E-state index is 0.00363. The molecule has 24 heavy (non-hydrogen) atoms. The van der Waals surface area contributed by atoms with Crippen molar-refractivity contribution in [2.24, 2.45) is 5.92 Å². The van der Waals surface area contributed by atoms with Gasteiger partial charge in [-0.15, -0.1) is 0 Å². The van der Waals surface area contributed by atoms with Crippen molar-refractivity contribution in [1.82, 2.24) is 4.31 Å². The van der Waals surface area contributed by atoms with Crippen LogP contribution in [0.4, 0.5) is 11.4 Å². The summed E-state index contributed by atoms with van der Waals surface area (Å²) < 4.78 is 25.0. The lowest BCUT2D eigenvalue weighted by Crippen LogP contribution is -2.42. The van der Waals surface area contributed by atoms with Crippen LogP contribution >= 0.6 is 11.6 Å². The molecule has 1 aromatic carbocycles. The third kappa shape index (κ3) is 4.22. The molecule has 0 bridgehead atoms. The number of benzene rings is 1. The predicted molar refractivity (Wildman–Crippen MR) is 90.5 cm³/mol. The lowest BCUT2D eigenvalue weighted by Gasteiger charge is -2.30. The molecule has 1 fully saturated rings. The maximum absolute atomic E-state index is 12.3. The molecule has 8 nitrogen and oxygen atoms in total. The number of carbonyl (C=O) groups excluding carboxylic acids is 1. The largest absolute Gasteiger partial charge is 0.326 e. The van der Waals surface area contributed by atoms with E-state index in [4.69, 9.17) is 11.6 Å². The Balaban J connectivity index is 2.00. The Morgan fingerprint density at radius 2 is 2.04 bits per heavy atom. The number of hydrogen-bond donors (Lipinski definition) is 1. The van der Waals surface area contributed by atoms with Crippen molar-refractivity contribution >= 4 is 38.9 Å². The van der Waals surface area contributed by atoms with Crippen LogP contribution in [0.15, 0.2) is 18.2 Å². The first-order valence-corrected chi connectivity index (χ1v) is 9.46. The molecular formula is C14H18ClN3O5S. The van der Waals surface area contributed by atoms with Gasteiger partial charge in [-0.05, 0) is 31.9 Å². The smallest absolute Gasteiger partial charge is 0.289 e. The van der Waals surface area contributed by atoms with Gasteiger partial charge in [0.2, 0.25) is 15.9 Å². The minimum atomic E-state index is -3.24. The Kier molecular flexibility index (Phi) is 5.79. The van der Waals surface area contributed by atoms with Gasteiger partial charge >= 0.3 is 0 Å². The van der Waals surface area contributed by atoms with Gasteiger partial charge in [0.1, 0.15) is 5.02 Å². The topological polar surface area (TPSA) is 110 Å². The molecule has 132 valence electrons. The highest BCUT2D eigenvalue weighted by Gasteiger charge is 2.30. The third-order valence-corrected chi connectivity index (χ3v) is 6.19. The standard InChI is InChI=1S/C14H18ClN3O5S/c1-2-24(22,23)17-7-5-10(6-8-17)14(19)16-11-3-4-12(15)13(9-11)18(20)21/h3-4,9-10H,2,5-8H2,1H3,(H,16,19). The second-order valence-electron chi connectivity index (χ2n) is 5.49. The van der Waals surface area contributed by atoms with Crippen LogP contribution in [0.25, 0.3) is 0 Å². The first-order valence-electron chi connectivity index (χ1n) is 7.47.